The number of rotatable bonds is 11. The second kappa shape index (κ2) is 11.8. The maximum atomic E-state index is 15.0. The van der Waals surface area contributed by atoms with Gasteiger partial charge in [0.25, 0.3) is 5.91 Å². The number of benzene rings is 1. The Bertz CT molecular complexity index is 976. The van der Waals surface area contributed by atoms with Gasteiger partial charge in [-0.1, -0.05) is 32.1 Å². The molecule has 0 spiro atoms. The van der Waals surface area contributed by atoms with Gasteiger partial charge >= 0.3 is 5.97 Å². The molecule has 0 aliphatic heterocycles. The van der Waals surface area contributed by atoms with E-state index in [1.54, 1.807) is 6.07 Å². The first-order valence-electron chi connectivity index (χ1n) is 11.9. The third-order valence-corrected chi connectivity index (χ3v) is 7.71. The first-order valence-corrected chi connectivity index (χ1v) is 13.8. The highest BCUT2D eigenvalue weighted by atomic mass is 32.2. The molecule has 0 saturated heterocycles. The number of hydrogen-bond acceptors (Lipinski definition) is 6. The number of aliphatic carboxylic acids is 1. The quantitative estimate of drug-likeness (QED) is 0.369. The van der Waals surface area contributed by atoms with Crippen LogP contribution >= 0.6 is 0 Å². The number of amides is 1. The van der Waals surface area contributed by atoms with E-state index < -0.39 is 34.3 Å². The van der Waals surface area contributed by atoms with Crippen LogP contribution < -0.4 is 16.0 Å². The molecule has 1 aromatic rings. The molecule has 4 N–H and O–H groups in total. The number of nitrogens with one attached hydrogen (secondary N) is 3. The minimum absolute atomic E-state index is 0.105. The van der Waals surface area contributed by atoms with E-state index in [9.17, 15) is 22.4 Å². The number of carbonyl (C=O) groups is 2. The maximum absolute atomic E-state index is 15.0. The molecule has 1 amide bonds. The van der Waals surface area contributed by atoms with Gasteiger partial charge in [-0.15, -0.1) is 0 Å². The van der Waals surface area contributed by atoms with Crippen molar-refractivity contribution in [3.05, 3.63) is 23.5 Å². The van der Waals surface area contributed by atoms with Crippen LogP contribution in [0.2, 0.25) is 0 Å². The molecule has 2 fully saturated rings. The van der Waals surface area contributed by atoms with Crippen LogP contribution in [0.1, 0.15) is 68.1 Å². The fourth-order valence-electron chi connectivity index (χ4n) is 4.65. The van der Waals surface area contributed by atoms with Crippen LogP contribution in [-0.4, -0.2) is 67.7 Å². The predicted octanol–water partition coefficient (Wildman–Crippen LogP) is 3.00. The van der Waals surface area contributed by atoms with Crippen molar-refractivity contribution < 1.29 is 27.5 Å². The Morgan fingerprint density at radius 3 is 2.12 bits per heavy atom. The van der Waals surface area contributed by atoms with Crippen molar-refractivity contribution in [2.45, 2.75) is 69.9 Å². The Kier molecular flexibility index (Phi) is 9.12. The van der Waals surface area contributed by atoms with E-state index >= 15 is 0 Å². The normalized spacial score (nSPS) is 17.6. The van der Waals surface area contributed by atoms with E-state index in [1.807, 2.05) is 0 Å². The number of halogens is 1. The Hall–Kier alpha value is -2.40. The smallest absolute Gasteiger partial charge is 0.318 e. The summed E-state index contributed by atoms with van der Waals surface area (Å²) in [7, 11) is -3.75. The first-order chi connectivity index (χ1) is 16.1. The fraction of sp³-hybridized carbons (Fsp3) is 0.652. The zero-order valence-electron chi connectivity index (χ0n) is 19.6. The molecule has 0 bridgehead atoms. The number of hydrogen-bond donors (Lipinski definition) is 4. The molecule has 0 unspecified atom stereocenters. The molecular weight excluding hydrogens is 463 g/mol. The number of anilines is 2. The lowest BCUT2D eigenvalue weighted by atomic mass is 9.95. The molecule has 0 radical (unpaired) electrons. The predicted molar refractivity (Wildman–Crippen MR) is 129 cm³/mol. The molecule has 0 aromatic heterocycles. The number of carbonyl (C=O) groups excluding carboxylic acids is 1. The van der Waals surface area contributed by atoms with Crippen LogP contribution in [0.4, 0.5) is 15.8 Å². The molecule has 11 heteroatoms. The number of nitrogens with zero attached hydrogens (tertiary/aromatic N) is 1. The second-order valence-electron chi connectivity index (χ2n) is 9.23. The van der Waals surface area contributed by atoms with Gasteiger partial charge in [-0.3, -0.25) is 9.59 Å². The molecule has 2 aliphatic rings. The van der Waals surface area contributed by atoms with E-state index in [0.717, 1.165) is 61.9 Å². The average molecular weight is 499 g/mol. The van der Waals surface area contributed by atoms with Gasteiger partial charge in [-0.2, -0.15) is 4.31 Å². The van der Waals surface area contributed by atoms with Crippen molar-refractivity contribution >= 4 is 33.3 Å². The highest BCUT2D eigenvalue weighted by molar-refractivity contribution is 7.88. The average Bonchev–Trinajstić information content (AvgIpc) is 3.28. The van der Waals surface area contributed by atoms with Gasteiger partial charge in [-0.05, 0) is 37.8 Å². The largest absolute Gasteiger partial charge is 0.480 e. The summed E-state index contributed by atoms with van der Waals surface area (Å²) in [5, 5.41) is 18.2. The van der Waals surface area contributed by atoms with Gasteiger partial charge in [0.2, 0.25) is 10.0 Å². The summed E-state index contributed by atoms with van der Waals surface area (Å²) in [5.74, 6) is -2.35. The standard InChI is InChI=1S/C23H35FN4O5S/c1-34(32,33)28(15-22(29)30)12-11-25-23(31)18-13-19(24)21(27-17-7-3-2-4-8-17)14-20(18)26-16-9-5-6-10-16/h13-14,16-17,26-27H,2-12,15H2,1H3,(H,25,31)(H,29,30). The van der Waals surface area contributed by atoms with Crippen LogP contribution in [-0.2, 0) is 14.8 Å². The maximum Gasteiger partial charge on any atom is 0.318 e. The van der Waals surface area contributed by atoms with Crippen molar-refractivity contribution in [3.63, 3.8) is 0 Å². The molecular formula is C23H35FN4O5S. The lowest BCUT2D eigenvalue weighted by molar-refractivity contribution is -0.137. The number of carboxylic acids is 1. The molecule has 3 rings (SSSR count). The molecule has 2 saturated carbocycles. The summed E-state index contributed by atoms with van der Waals surface area (Å²) in [4.78, 5) is 23.9. The topological polar surface area (TPSA) is 128 Å². The van der Waals surface area contributed by atoms with Crippen LogP contribution in [0.15, 0.2) is 12.1 Å². The van der Waals surface area contributed by atoms with Crippen molar-refractivity contribution in [1.29, 1.82) is 0 Å². The molecule has 1 aromatic carbocycles. The zero-order valence-corrected chi connectivity index (χ0v) is 20.4. The summed E-state index contributed by atoms with van der Waals surface area (Å²) >= 11 is 0. The Morgan fingerprint density at radius 1 is 1.00 bits per heavy atom. The minimum Gasteiger partial charge on any atom is -0.480 e. The lowest BCUT2D eigenvalue weighted by Gasteiger charge is -2.25. The zero-order chi connectivity index (χ0) is 24.7. The van der Waals surface area contributed by atoms with Gasteiger partial charge < -0.3 is 21.1 Å². The third kappa shape index (κ3) is 7.56. The molecule has 34 heavy (non-hydrogen) atoms. The van der Waals surface area contributed by atoms with Gasteiger partial charge in [0.15, 0.2) is 0 Å². The summed E-state index contributed by atoms with van der Waals surface area (Å²) in [5.41, 5.74) is 1.05. The van der Waals surface area contributed by atoms with Gasteiger partial charge in [-0.25, -0.2) is 12.8 Å². The van der Waals surface area contributed by atoms with E-state index in [0.29, 0.717) is 11.4 Å². The Labute approximate surface area is 200 Å². The van der Waals surface area contributed by atoms with Crippen molar-refractivity contribution in [3.8, 4) is 0 Å². The van der Waals surface area contributed by atoms with Crippen LogP contribution in [0, 0.1) is 5.82 Å². The monoisotopic (exact) mass is 498 g/mol. The molecule has 2 aliphatic carbocycles. The van der Waals surface area contributed by atoms with Gasteiger partial charge in [0.1, 0.15) is 12.4 Å². The van der Waals surface area contributed by atoms with Crippen LogP contribution in [0.5, 0.6) is 0 Å². The summed E-state index contributed by atoms with van der Waals surface area (Å²) < 4.78 is 39.3. The number of carboxylic acid groups (broad SMARTS) is 1. The number of sulfonamides is 1. The summed E-state index contributed by atoms with van der Waals surface area (Å²) in [6.07, 6.45) is 10.4. The molecule has 0 heterocycles. The van der Waals surface area contributed by atoms with E-state index in [1.165, 1.54) is 12.5 Å². The third-order valence-electron chi connectivity index (χ3n) is 6.46. The second-order valence-corrected chi connectivity index (χ2v) is 11.2. The Morgan fingerprint density at radius 2 is 1.56 bits per heavy atom. The minimum atomic E-state index is -3.75. The molecule has 0 atom stereocenters. The van der Waals surface area contributed by atoms with Gasteiger partial charge in [0, 0.05) is 30.9 Å². The SMILES string of the molecule is CS(=O)(=O)N(CCNC(=O)c1cc(F)c(NC2CCCCC2)cc1NC1CCCC1)CC(=O)O. The van der Waals surface area contributed by atoms with Crippen LogP contribution in [0.3, 0.4) is 0 Å². The highest BCUT2D eigenvalue weighted by Gasteiger charge is 2.23. The van der Waals surface area contributed by atoms with Crippen LogP contribution in [0.25, 0.3) is 0 Å². The highest BCUT2D eigenvalue weighted by Crippen LogP contribution is 2.31. The van der Waals surface area contributed by atoms with E-state index in [2.05, 4.69) is 16.0 Å². The van der Waals surface area contributed by atoms with Crippen molar-refractivity contribution in [2.24, 2.45) is 0 Å². The van der Waals surface area contributed by atoms with Gasteiger partial charge in [0.05, 0.1) is 17.5 Å². The first kappa shape index (κ1) is 26.2. The Balaban J connectivity index is 1.74. The fourth-order valence-corrected chi connectivity index (χ4v) is 5.42. The lowest BCUT2D eigenvalue weighted by Crippen LogP contribution is -2.40. The van der Waals surface area contributed by atoms with E-state index in [-0.39, 0.29) is 30.7 Å². The molecule has 190 valence electrons. The van der Waals surface area contributed by atoms with Crippen molar-refractivity contribution in [1.82, 2.24) is 9.62 Å². The van der Waals surface area contributed by atoms with E-state index in [4.69, 9.17) is 5.11 Å². The van der Waals surface area contributed by atoms with Crippen molar-refractivity contribution in [2.75, 3.05) is 36.5 Å². The molecule has 9 nitrogen and oxygen atoms in total. The summed E-state index contributed by atoms with van der Waals surface area (Å²) in [6, 6.07) is 3.28. The summed E-state index contributed by atoms with van der Waals surface area (Å²) in [6.45, 7) is -1.00.